The highest BCUT2D eigenvalue weighted by atomic mass is 32.1. The largest absolute Gasteiger partial charge is 0.493 e. The Labute approximate surface area is 159 Å². The molecule has 0 bridgehead atoms. The van der Waals surface area contributed by atoms with Gasteiger partial charge in [-0.15, -0.1) is 11.3 Å². The van der Waals surface area contributed by atoms with Crippen LogP contribution in [0.25, 0.3) is 6.08 Å². The topological polar surface area (TPSA) is 73.9 Å². The Hall–Kier alpha value is -2.02. The van der Waals surface area contributed by atoms with E-state index in [0.717, 1.165) is 18.6 Å². The van der Waals surface area contributed by atoms with Crippen molar-refractivity contribution in [1.29, 1.82) is 0 Å². The maximum atomic E-state index is 9.22. The fourth-order valence-electron chi connectivity index (χ4n) is 2.32. The molecule has 0 spiro atoms. The second-order valence-corrected chi connectivity index (χ2v) is 7.55. The van der Waals surface area contributed by atoms with Gasteiger partial charge < -0.3 is 25.1 Å². The molecule has 0 aliphatic heterocycles. The molecule has 26 heavy (non-hydrogen) atoms. The first-order chi connectivity index (χ1) is 12.5. The lowest BCUT2D eigenvalue weighted by Gasteiger charge is -2.20. The van der Waals surface area contributed by atoms with Crippen LogP contribution in [0, 0.1) is 0 Å². The summed E-state index contributed by atoms with van der Waals surface area (Å²) >= 11 is 1.73. The first kappa shape index (κ1) is 20.3. The van der Waals surface area contributed by atoms with Crippen molar-refractivity contribution < 1.29 is 19.3 Å². The monoisotopic (exact) mass is 377 g/mol. The fraction of sp³-hybridized carbons (Fsp3) is 0.400. The number of aryl methyl sites for hydroxylation is 1. The predicted molar refractivity (Wildman–Crippen MR) is 106 cm³/mol. The van der Waals surface area contributed by atoms with Gasteiger partial charge in [0.25, 0.3) is 0 Å². The van der Waals surface area contributed by atoms with Crippen LogP contribution in [-0.4, -0.2) is 38.1 Å². The molecule has 0 radical (unpaired) electrons. The lowest BCUT2D eigenvalue weighted by molar-refractivity contribution is 0.201. The van der Waals surface area contributed by atoms with E-state index in [1.54, 1.807) is 31.6 Å². The highest BCUT2D eigenvalue weighted by Gasteiger charge is 2.16. The summed E-state index contributed by atoms with van der Waals surface area (Å²) in [5.41, 5.74) is 5.45. The molecule has 6 heteroatoms. The summed E-state index contributed by atoms with van der Waals surface area (Å²) in [6.07, 6.45) is 5.65. The van der Waals surface area contributed by atoms with Crippen molar-refractivity contribution in [3.63, 3.8) is 0 Å². The summed E-state index contributed by atoms with van der Waals surface area (Å²) in [5.74, 6) is 2.05. The number of ether oxygens (including phenoxy) is 3. The van der Waals surface area contributed by atoms with E-state index < -0.39 is 5.54 Å². The summed E-state index contributed by atoms with van der Waals surface area (Å²) in [5, 5.41) is 9.22. The Morgan fingerprint density at radius 2 is 1.92 bits per heavy atom. The van der Waals surface area contributed by atoms with Crippen LogP contribution < -0.4 is 19.9 Å². The SMILES string of the molecule is COc1ccc(OC/C=C/c2ccc(CCC(C)(N)CO)s2)cc1OC. The third-order valence-electron chi connectivity index (χ3n) is 3.97. The molecule has 2 aromatic rings. The molecule has 2 rings (SSSR count). The van der Waals surface area contributed by atoms with Gasteiger partial charge in [0.2, 0.25) is 0 Å². The Morgan fingerprint density at radius 3 is 2.62 bits per heavy atom. The van der Waals surface area contributed by atoms with Crippen molar-refractivity contribution in [2.24, 2.45) is 5.73 Å². The van der Waals surface area contributed by atoms with E-state index in [4.69, 9.17) is 19.9 Å². The molecule has 142 valence electrons. The molecule has 0 aliphatic rings. The van der Waals surface area contributed by atoms with E-state index in [0.29, 0.717) is 18.1 Å². The van der Waals surface area contributed by atoms with Crippen LogP contribution in [0.15, 0.2) is 36.4 Å². The Balaban J connectivity index is 1.84. The zero-order valence-electron chi connectivity index (χ0n) is 15.5. The summed E-state index contributed by atoms with van der Waals surface area (Å²) in [6, 6.07) is 9.66. The molecule has 1 aromatic heterocycles. The van der Waals surface area contributed by atoms with Crippen LogP contribution in [0.5, 0.6) is 17.2 Å². The normalized spacial score (nSPS) is 13.6. The van der Waals surface area contributed by atoms with Crippen molar-refractivity contribution in [3.05, 3.63) is 46.2 Å². The Kier molecular flexibility index (Phi) is 7.50. The number of thiophene rings is 1. The minimum Gasteiger partial charge on any atom is -0.493 e. The second kappa shape index (κ2) is 9.62. The molecule has 0 amide bonds. The standard InChI is InChI=1S/C20H27NO4S/c1-20(21,14-22)11-10-17-8-7-16(26-17)5-4-12-25-15-6-9-18(23-2)19(13-15)24-3/h4-9,13,22H,10-12,14,21H2,1-3H3/b5-4+. The van der Waals surface area contributed by atoms with Gasteiger partial charge in [-0.2, -0.15) is 0 Å². The molecule has 0 saturated heterocycles. The second-order valence-electron chi connectivity index (χ2n) is 6.35. The van der Waals surface area contributed by atoms with Crippen LogP contribution in [0.3, 0.4) is 0 Å². The molecule has 0 saturated carbocycles. The first-order valence-corrected chi connectivity index (χ1v) is 9.29. The lowest BCUT2D eigenvalue weighted by atomic mass is 9.98. The number of methoxy groups -OCH3 is 2. The molecule has 1 atom stereocenters. The van der Waals surface area contributed by atoms with Crippen molar-refractivity contribution in [3.8, 4) is 17.2 Å². The molecular formula is C20H27NO4S. The van der Waals surface area contributed by atoms with E-state index in [1.165, 1.54) is 9.75 Å². The number of hydrogen-bond donors (Lipinski definition) is 2. The molecule has 5 nitrogen and oxygen atoms in total. The predicted octanol–water partition coefficient (Wildman–Crippen LogP) is 3.50. The van der Waals surface area contributed by atoms with E-state index in [-0.39, 0.29) is 6.61 Å². The number of benzene rings is 1. The highest BCUT2D eigenvalue weighted by Crippen LogP contribution is 2.30. The molecule has 0 fully saturated rings. The maximum Gasteiger partial charge on any atom is 0.164 e. The van der Waals surface area contributed by atoms with E-state index in [9.17, 15) is 5.11 Å². The molecule has 1 heterocycles. The van der Waals surface area contributed by atoms with Gasteiger partial charge in [0.1, 0.15) is 12.4 Å². The average molecular weight is 378 g/mol. The van der Waals surface area contributed by atoms with Gasteiger partial charge >= 0.3 is 0 Å². The van der Waals surface area contributed by atoms with Gasteiger partial charge in [0.05, 0.1) is 20.8 Å². The number of hydrogen-bond acceptors (Lipinski definition) is 6. The van der Waals surface area contributed by atoms with Crippen LogP contribution in [0.1, 0.15) is 23.1 Å². The zero-order chi connectivity index (χ0) is 19.0. The molecular weight excluding hydrogens is 350 g/mol. The zero-order valence-corrected chi connectivity index (χ0v) is 16.3. The van der Waals surface area contributed by atoms with E-state index in [1.807, 2.05) is 31.2 Å². The molecule has 1 unspecified atom stereocenters. The quantitative estimate of drug-likeness (QED) is 0.663. The van der Waals surface area contributed by atoms with Crippen molar-refractivity contribution >= 4 is 17.4 Å². The molecule has 0 aliphatic carbocycles. The smallest absolute Gasteiger partial charge is 0.164 e. The van der Waals surface area contributed by atoms with Gasteiger partial charge in [-0.05, 0) is 56.2 Å². The number of aliphatic hydroxyl groups excluding tert-OH is 1. The van der Waals surface area contributed by atoms with Gasteiger partial charge in [-0.1, -0.05) is 0 Å². The third-order valence-corrected chi connectivity index (χ3v) is 5.08. The van der Waals surface area contributed by atoms with Crippen LogP contribution >= 0.6 is 11.3 Å². The third kappa shape index (κ3) is 6.05. The van der Waals surface area contributed by atoms with Crippen molar-refractivity contribution in [2.75, 3.05) is 27.4 Å². The number of aliphatic hydroxyl groups is 1. The van der Waals surface area contributed by atoms with Crippen LogP contribution in [0.4, 0.5) is 0 Å². The minimum absolute atomic E-state index is 0.00137. The number of nitrogens with two attached hydrogens (primary N) is 1. The van der Waals surface area contributed by atoms with Crippen LogP contribution in [-0.2, 0) is 6.42 Å². The van der Waals surface area contributed by atoms with Gasteiger partial charge in [-0.25, -0.2) is 0 Å². The molecule has 3 N–H and O–H groups in total. The van der Waals surface area contributed by atoms with Crippen molar-refractivity contribution in [2.45, 2.75) is 25.3 Å². The summed E-state index contributed by atoms with van der Waals surface area (Å²) in [7, 11) is 3.21. The fourth-order valence-corrected chi connectivity index (χ4v) is 3.26. The minimum atomic E-state index is -0.521. The van der Waals surface area contributed by atoms with E-state index in [2.05, 4.69) is 12.1 Å². The maximum absolute atomic E-state index is 9.22. The Morgan fingerprint density at radius 1 is 1.15 bits per heavy atom. The van der Waals surface area contributed by atoms with Crippen molar-refractivity contribution in [1.82, 2.24) is 0 Å². The van der Waals surface area contributed by atoms with E-state index >= 15 is 0 Å². The summed E-state index contributed by atoms with van der Waals surface area (Å²) in [4.78, 5) is 2.43. The highest BCUT2D eigenvalue weighted by molar-refractivity contribution is 7.12. The van der Waals surface area contributed by atoms with Gasteiger partial charge in [-0.3, -0.25) is 0 Å². The summed E-state index contributed by atoms with van der Waals surface area (Å²) < 4.78 is 16.2. The first-order valence-electron chi connectivity index (χ1n) is 8.47. The lowest BCUT2D eigenvalue weighted by Crippen LogP contribution is -2.40. The van der Waals surface area contributed by atoms with Crippen LogP contribution in [0.2, 0.25) is 0 Å². The van der Waals surface area contributed by atoms with Gasteiger partial charge in [0, 0.05) is 21.4 Å². The van der Waals surface area contributed by atoms with Gasteiger partial charge in [0.15, 0.2) is 11.5 Å². The number of rotatable bonds is 10. The Bertz CT molecular complexity index is 724. The molecule has 1 aromatic carbocycles. The average Bonchev–Trinajstić information content (AvgIpc) is 3.11. The summed E-state index contributed by atoms with van der Waals surface area (Å²) in [6.45, 7) is 2.33.